The number of hydrogen-bond donors (Lipinski definition) is 1. The second-order valence-electron chi connectivity index (χ2n) is 3.24. The minimum atomic E-state index is 0.696. The zero-order valence-corrected chi connectivity index (χ0v) is 8.37. The summed E-state index contributed by atoms with van der Waals surface area (Å²) < 4.78 is 1.77. The van der Waals surface area contributed by atoms with E-state index in [0.29, 0.717) is 6.54 Å². The van der Waals surface area contributed by atoms with Crippen molar-refractivity contribution in [2.75, 3.05) is 6.54 Å². The zero-order chi connectivity index (χ0) is 10.5. The fraction of sp³-hybridized carbons (Fsp3) is 0.300. The molecule has 2 N–H and O–H groups in total. The fourth-order valence-electron chi connectivity index (χ4n) is 1.33. The summed E-state index contributed by atoms with van der Waals surface area (Å²) in [4.78, 5) is 7.88. The lowest BCUT2D eigenvalue weighted by atomic mass is 10.2. The standard InChI is InChI=1S/C10H13N5/c11-4-1-2-9-3-5-15(14-9)10-6-12-8-13-7-10/h3,5-8H,1-2,4,11H2. The molecule has 0 unspecified atom stereocenters. The molecule has 0 aliphatic heterocycles. The molecule has 0 aromatic carbocycles. The van der Waals surface area contributed by atoms with Crippen LogP contribution >= 0.6 is 0 Å². The number of aromatic nitrogens is 4. The molecule has 2 heterocycles. The van der Waals surface area contributed by atoms with Gasteiger partial charge in [0.05, 0.1) is 18.1 Å². The molecule has 5 nitrogen and oxygen atoms in total. The van der Waals surface area contributed by atoms with Crippen molar-refractivity contribution < 1.29 is 0 Å². The van der Waals surface area contributed by atoms with Crippen molar-refractivity contribution in [3.8, 4) is 5.69 Å². The van der Waals surface area contributed by atoms with Crippen molar-refractivity contribution >= 4 is 0 Å². The van der Waals surface area contributed by atoms with Gasteiger partial charge in [0.1, 0.15) is 12.0 Å². The van der Waals surface area contributed by atoms with E-state index in [4.69, 9.17) is 5.73 Å². The number of hydrogen-bond acceptors (Lipinski definition) is 4. The Morgan fingerprint density at radius 2 is 2.07 bits per heavy atom. The number of aryl methyl sites for hydroxylation is 1. The first kappa shape index (κ1) is 9.79. The second kappa shape index (κ2) is 4.65. The van der Waals surface area contributed by atoms with Gasteiger partial charge in [0.2, 0.25) is 0 Å². The van der Waals surface area contributed by atoms with Gasteiger partial charge < -0.3 is 5.73 Å². The minimum absolute atomic E-state index is 0.696. The highest BCUT2D eigenvalue weighted by Crippen LogP contribution is 2.05. The largest absolute Gasteiger partial charge is 0.330 e. The van der Waals surface area contributed by atoms with E-state index in [1.54, 1.807) is 17.1 Å². The van der Waals surface area contributed by atoms with E-state index < -0.39 is 0 Å². The first-order valence-corrected chi connectivity index (χ1v) is 4.90. The average molecular weight is 203 g/mol. The third kappa shape index (κ3) is 2.38. The summed E-state index contributed by atoms with van der Waals surface area (Å²) in [5, 5.41) is 4.40. The highest BCUT2D eigenvalue weighted by molar-refractivity contribution is 5.23. The molecule has 5 heteroatoms. The maximum atomic E-state index is 5.44. The van der Waals surface area contributed by atoms with Gasteiger partial charge in [0, 0.05) is 6.20 Å². The normalized spacial score (nSPS) is 10.5. The van der Waals surface area contributed by atoms with E-state index in [2.05, 4.69) is 15.1 Å². The van der Waals surface area contributed by atoms with Crippen LogP contribution in [0.1, 0.15) is 12.1 Å². The first-order valence-electron chi connectivity index (χ1n) is 4.90. The summed E-state index contributed by atoms with van der Waals surface area (Å²) in [7, 11) is 0. The van der Waals surface area contributed by atoms with Crippen molar-refractivity contribution in [3.05, 3.63) is 36.7 Å². The van der Waals surface area contributed by atoms with Crippen LogP contribution in [0.15, 0.2) is 31.0 Å². The smallest absolute Gasteiger partial charge is 0.115 e. The lowest BCUT2D eigenvalue weighted by Gasteiger charge is -1.98. The van der Waals surface area contributed by atoms with Crippen molar-refractivity contribution in [3.63, 3.8) is 0 Å². The molecular weight excluding hydrogens is 190 g/mol. The van der Waals surface area contributed by atoms with Crippen LogP contribution in [0.5, 0.6) is 0 Å². The molecule has 0 aliphatic rings. The quantitative estimate of drug-likeness (QED) is 0.788. The zero-order valence-electron chi connectivity index (χ0n) is 8.37. The molecule has 0 aliphatic carbocycles. The molecule has 2 aromatic heterocycles. The summed E-state index contributed by atoms with van der Waals surface area (Å²) in [6, 6.07) is 1.99. The Bertz CT molecular complexity index is 409. The molecule has 2 aromatic rings. The van der Waals surface area contributed by atoms with Gasteiger partial charge in [0.15, 0.2) is 0 Å². The molecule has 0 saturated heterocycles. The SMILES string of the molecule is NCCCc1ccn(-c2cncnc2)n1. The van der Waals surface area contributed by atoms with Crippen molar-refractivity contribution in [1.29, 1.82) is 0 Å². The van der Waals surface area contributed by atoms with Gasteiger partial charge >= 0.3 is 0 Å². The third-order valence-electron chi connectivity index (χ3n) is 2.09. The molecular formula is C10H13N5. The lowest BCUT2D eigenvalue weighted by molar-refractivity contribution is 0.771. The highest BCUT2D eigenvalue weighted by atomic mass is 15.3. The van der Waals surface area contributed by atoms with E-state index in [9.17, 15) is 0 Å². The number of nitrogens with zero attached hydrogens (tertiary/aromatic N) is 4. The highest BCUT2D eigenvalue weighted by Gasteiger charge is 2.00. The minimum Gasteiger partial charge on any atom is -0.330 e. The topological polar surface area (TPSA) is 69.6 Å². The third-order valence-corrected chi connectivity index (χ3v) is 2.09. The predicted octanol–water partition coefficient (Wildman–Crippen LogP) is 0.554. The van der Waals surface area contributed by atoms with Crippen LogP contribution in [0.25, 0.3) is 5.69 Å². The van der Waals surface area contributed by atoms with Crippen LogP contribution in [0.2, 0.25) is 0 Å². The van der Waals surface area contributed by atoms with E-state index in [1.165, 1.54) is 6.33 Å². The van der Waals surface area contributed by atoms with Crippen molar-refractivity contribution in [2.45, 2.75) is 12.8 Å². The fourth-order valence-corrected chi connectivity index (χ4v) is 1.33. The van der Waals surface area contributed by atoms with Gasteiger partial charge in [-0.05, 0) is 25.5 Å². The molecule has 0 spiro atoms. The van der Waals surface area contributed by atoms with Crippen LogP contribution in [-0.2, 0) is 6.42 Å². The Labute approximate surface area is 88.0 Å². The Morgan fingerprint density at radius 1 is 1.27 bits per heavy atom. The maximum Gasteiger partial charge on any atom is 0.115 e. The molecule has 78 valence electrons. The Morgan fingerprint density at radius 3 is 2.80 bits per heavy atom. The molecule has 2 rings (SSSR count). The summed E-state index contributed by atoms with van der Waals surface area (Å²) in [5.74, 6) is 0. The second-order valence-corrected chi connectivity index (χ2v) is 3.24. The Balaban J connectivity index is 2.14. The Hall–Kier alpha value is -1.75. The molecule has 0 bridgehead atoms. The summed E-state index contributed by atoms with van der Waals surface area (Å²) in [5.41, 5.74) is 7.36. The molecule has 0 atom stereocenters. The van der Waals surface area contributed by atoms with Crippen molar-refractivity contribution in [1.82, 2.24) is 19.7 Å². The van der Waals surface area contributed by atoms with Crippen LogP contribution in [0.4, 0.5) is 0 Å². The van der Waals surface area contributed by atoms with Gasteiger partial charge in [-0.25, -0.2) is 14.6 Å². The molecule has 0 fully saturated rings. The monoisotopic (exact) mass is 203 g/mol. The van der Waals surface area contributed by atoms with E-state index in [0.717, 1.165) is 24.2 Å². The summed E-state index contributed by atoms with van der Waals surface area (Å²) in [6.07, 6.45) is 8.74. The predicted molar refractivity (Wildman–Crippen MR) is 56.5 cm³/mol. The molecule has 0 saturated carbocycles. The van der Waals surface area contributed by atoms with E-state index in [1.807, 2.05) is 12.3 Å². The van der Waals surface area contributed by atoms with Crippen molar-refractivity contribution in [2.24, 2.45) is 5.73 Å². The maximum absolute atomic E-state index is 5.44. The van der Waals surface area contributed by atoms with Crippen LogP contribution in [-0.4, -0.2) is 26.3 Å². The van der Waals surface area contributed by atoms with Crippen LogP contribution in [0.3, 0.4) is 0 Å². The van der Waals surface area contributed by atoms with E-state index in [-0.39, 0.29) is 0 Å². The van der Waals surface area contributed by atoms with Crippen LogP contribution in [0, 0.1) is 0 Å². The van der Waals surface area contributed by atoms with Gasteiger partial charge in [-0.2, -0.15) is 5.10 Å². The van der Waals surface area contributed by atoms with Gasteiger partial charge in [0.25, 0.3) is 0 Å². The number of nitrogens with two attached hydrogens (primary N) is 1. The average Bonchev–Trinajstić information content (AvgIpc) is 2.76. The summed E-state index contributed by atoms with van der Waals surface area (Å²) >= 11 is 0. The number of rotatable bonds is 4. The van der Waals surface area contributed by atoms with Crippen LogP contribution < -0.4 is 5.73 Å². The van der Waals surface area contributed by atoms with Gasteiger partial charge in [-0.15, -0.1) is 0 Å². The first-order chi connectivity index (χ1) is 7.40. The lowest BCUT2D eigenvalue weighted by Crippen LogP contribution is -2.02. The summed E-state index contributed by atoms with van der Waals surface area (Å²) in [6.45, 7) is 0.696. The molecule has 0 radical (unpaired) electrons. The Kier molecular flexibility index (Phi) is 3.04. The molecule has 0 amide bonds. The molecule has 15 heavy (non-hydrogen) atoms. The van der Waals surface area contributed by atoms with E-state index >= 15 is 0 Å². The van der Waals surface area contributed by atoms with Gasteiger partial charge in [-0.3, -0.25) is 0 Å². The van der Waals surface area contributed by atoms with Gasteiger partial charge in [-0.1, -0.05) is 0 Å².